The van der Waals surface area contributed by atoms with Crippen LogP contribution in [0, 0.1) is 17.8 Å². The predicted molar refractivity (Wildman–Crippen MR) is 85.6 cm³/mol. The molecule has 23 heavy (non-hydrogen) atoms. The molecule has 1 heterocycles. The van der Waals surface area contributed by atoms with Gasteiger partial charge in [-0.3, -0.25) is 4.79 Å². The first kappa shape index (κ1) is 15.1. The van der Waals surface area contributed by atoms with Gasteiger partial charge in [0.2, 0.25) is 5.91 Å². The number of nitrogens with one attached hydrogen (secondary N) is 1. The molecule has 0 atom stereocenters. The molecule has 1 amide bonds. The van der Waals surface area contributed by atoms with Crippen LogP contribution >= 0.6 is 0 Å². The van der Waals surface area contributed by atoms with Gasteiger partial charge < -0.3 is 5.32 Å². The van der Waals surface area contributed by atoms with Crippen molar-refractivity contribution in [2.24, 2.45) is 17.8 Å². The van der Waals surface area contributed by atoms with E-state index in [1.54, 1.807) is 4.68 Å². The van der Waals surface area contributed by atoms with Crippen LogP contribution in [0.5, 0.6) is 0 Å². The Morgan fingerprint density at radius 3 is 2.26 bits per heavy atom. The third-order valence-electron chi connectivity index (χ3n) is 5.94. The molecule has 4 fully saturated rings. The number of amides is 1. The van der Waals surface area contributed by atoms with Crippen LogP contribution < -0.4 is 5.32 Å². The van der Waals surface area contributed by atoms with E-state index in [1.165, 1.54) is 38.5 Å². The van der Waals surface area contributed by atoms with E-state index >= 15 is 0 Å². The van der Waals surface area contributed by atoms with Crippen molar-refractivity contribution >= 4 is 5.91 Å². The molecule has 0 radical (unpaired) electrons. The number of tetrazole rings is 1. The lowest BCUT2D eigenvalue weighted by atomic mass is 9.53. The lowest BCUT2D eigenvalue weighted by Gasteiger charge is -2.56. The van der Waals surface area contributed by atoms with Crippen LogP contribution in [-0.2, 0) is 16.8 Å². The molecular formula is C17H27N5O. The molecule has 1 aromatic heterocycles. The SMILES string of the molecule is CC(C)(C)c1nnnn1CC(=O)NC12CC3CC(CC(C3)C1)C2. The lowest BCUT2D eigenvalue weighted by molar-refractivity contribution is -0.127. The summed E-state index contributed by atoms with van der Waals surface area (Å²) in [7, 11) is 0. The fourth-order valence-corrected chi connectivity index (χ4v) is 5.58. The molecule has 0 spiro atoms. The molecule has 126 valence electrons. The first-order chi connectivity index (χ1) is 10.8. The van der Waals surface area contributed by atoms with Gasteiger partial charge >= 0.3 is 0 Å². The highest BCUT2D eigenvalue weighted by Gasteiger charge is 2.51. The third-order valence-corrected chi connectivity index (χ3v) is 5.94. The fourth-order valence-electron chi connectivity index (χ4n) is 5.58. The van der Waals surface area contributed by atoms with Crippen LogP contribution in [0.1, 0.15) is 65.1 Å². The molecular weight excluding hydrogens is 290 g/mol. The normalized spacial score (nSPS) is 35.5. The highest BCUT2D eigenvalue weighted by atomic mass is 16.2. The van der Waals surface area contributed by atoms with Crippen LogP contribution in [0.4, 0.5) is 0 Å². The van der Waals surface area contributed by atoms with Gasteiger partial charge in [-0.25, -0.2) is 4.68 Å². The summed E-state index contributed by atoms with van der Waals surface area (Å²) in [4.78, 5) is 12.6. The van der Waals surface area contributed by atoms with E-state index in [4.69, 9.17) is 0 Å². The Morgan fingerprint density at radius 2 is 1.74 bits per heavy atom. The van der Waals surface area contributed by atoms with Gasteiger partial charge in [-0.1, -0.05) is 20.8 Å². The van der Waals surface area contributed by atoms with Gasteiger partial charge in [0.1, 0.15) is 6.54 Å². The average Bonchev–Trinajstić information content (AvgIpc) is 2.83. The number of carbonyl (C=O) groups excluding carboxylic acids is 1. The molecule has 6 heteroatoms. The van der Waals surface area contributed by atoms with Gasteiger partial charge in [0.25, 0.3) is 0 Å². The first-order valence-corrected chi connectivity index (χ1v) is 8.91. The van der Waals surface area contributed by atoms with Crippen molar-refractivity contribution in [3.8, 4) is 0 Å². The largest absolute Gasteiger partial charge is 0.349 e. The van der Waals surface area contributed by atoms with Crippen LogP contribution in [0.3, 0.4) is 0 Å². The number of aromatic nitrogens is 4. The maximum absolute atomic E-state index is 12.6. The molecule has 0 saturated heterocycles. The standard InChI is InChI=1S/C17H27N5O/c1-16(2,3)15-19-20-21-22(15)10-14(23)18-17-7-11-4-12(8-17)6-13(5-11)9-17/h11-13H,4-10H2,1-3H3,(H,18,23). The van der Waals surface area contributed by atoms with E-state index in [-0.39, 0.29) is 23.4 Å². The Kier molecular flexibility index (Phi) is 3.29. The van der Waals surface area contributed by atoms with Crippen LogP contribution in [0.2, 0.25) is 0 Å². The topological polar surface area (TPSA) is 72.7 Å². The molecule has 5 rings (SSSR count). The molecule has 4 bridgehead atoms. The molecule has 0 unspecified atom stereocenters. The maximum Gasteiger partial charge on any atom is 0.242 e. The minimum Gasteiger partial charge on any atom is -0.349 e. The number of hydrogen-bond donors (Lipinski definition) is 1. The van der Waals surface area contributed by atoms with Crippen molar-refractivity contribution in [2.45, 2.75) is 76.8 Å². The van der Waals surface area contributed by atoms with Crippen molar-refractivity contribution in [1.29, 1.82) is 0 Å². The van der Waals surface area contributed by atoms with E-state index in [2.05, 4.69) is 41.6 Å². The van der Waals surface area contributed by atoms with Gasteiger partial charge in [-0.05, 0) is 66.7 Å². The average molecular weight is 317 g/mol. The highest BCUT2D eigenvalue weighted by molar-refractivity contribution is 5.76. The van der Waals surface area contributed by atoms with Gasteiger partial charge in [0.05, 0.1) is 0 Å². The van der Waals surface area contributed by atoms with E-state index in [9.17, 15) is 4.79 Å². The summed E-state index contributed by atoms with van der Waals surface area (Å²) in [5, 5.41) is 15.2. The minimum atomic E-state index is -0.162. The molecule has 4 saturated carbocycles. The van der Waals surface area contributed by atoms with Crippen molar-refractivity contribution in [1.82, 2.24) is 25.5 Å². The number of nitrogens with zero attached hydrogens (tertiary/aromatic N) is 4. The summed E-state index contributed by atoms with van der Waals surface area (Å²) in [6.07, 6.45) is 7.67. The fraction of sp³-hybridized carbons (Fsp3) is 0.882. The Morgan fingerprint density at radius 1 is 1.17 bits per heavy atom. The molecule has 4 aliphatic carbocycles. The molecule has 1 aromatic rings. The summed E-state index contributed by atoms with van der Waals surface area (Å²) < 4.78 is 1.65. The highest BCUT2D eigenvalue weighted by Crippen LogP contribution is 2.55. The zero-order valence-corrected chi connectivity index (χ0v) is 14.4. The summed E-state index contributed by atoms with van der Waals surface area (Å²) in [6.45, 7) is 6.41. The van der Waals surface area contributed by atoms with E-state index in [0.29, 0.717) is 0 Å². The Hall–Kier alpha value is -1.46. The number of carbonyl (C=O) groups is 1. The van der Waals surface area contributed by atoms with Crippen LogP contribution in [0.25, 0.3) is 0 Å². The van der Waals surface area contributed by atoms with Crippen molar-refractivity contribution < 1.29 is 4.79 Å². The van der Waals surface area contributed by atoms with E-state index < -0.39 is 0 Å². The predicted octanol–water partition coefficient (Wildman–Crippen LogP) is 2.06. The van der Waals surface area contributed by atoms with E-state index in [1.807, 2.05) is 0 Å². The molecule has 0 aliphatic heterocycles. The van der Waals surface area contributed by atoms with Crippen molar-refractivity contribution in [3.05, 3.63) is 5.82 Å². The lowest BCUT2D eigenvalue weighted by Crippen LogP contribution is -2.60. The second-order valence-electron chi connectivity index (χ2n) is 9.16. The number of rotatable bonds is 3. The smallest absolute Gasteiger partial charge is 0.242 e. The second-order valence-corrected chi connectivity index (χ2v) is 9.16. The third kappa shape index (κ3) is 2.76. The second kappa shape index (κ2) is 5.02. The van der Waals surface area contributed by atoms with Gasteiger partial charge in [-0.15, -0.1) is 5.10 Å². The zero-order chi connectivity index (χ0) is 16.2. The zero-order valence-electron chi connectivity index (χ0n) is 14.4. The molecule has 0 aromatic carbocycles. The quantitative estimate of drug-likeness (QED) is 0.926. The Balaban J connectivity index is 1.46. The van der Waals surface area contributed by atoms with Gasteiger partial charge in [0.15, 0.2) is 5.82 Å². The maximum atomic E-state index is 12.6. The first-order valence-electron chi connectivity index (χ1n) is 8.91. The minimum absolute atomic E-state index is 0.0573. The van der Waals surface area contributed by atoms with E-state index in [0.717, 1.165) is 23.6 Å². The molecule has 4 aliphatic rings. The van der Waals surface area contributed by atoms with Crippen molar-refractivity contribution in [3.63, 3.8) is 0 Å². The molecule has 6 nitrogen and oxygen atoms in total. The van der Waals surface area contributed by atoms with Crippen LogP contribution in [0.15, 0.2) is 0 Å². The summed E-state index contributed by atoms with van der Waals surface area (Å²) in [6, 6.07) is 0. The van der Waals surface area contributed by atoms with Crippen LogP contribution in [-0.4, -0.2) is 31.7 Å². The van der Waals surface area contributed by atoms with Gasteiger partial charge in [0, 0.05) is 11.0 Å². The molecule has 1 N–H and O–H groups in total. The Labute approximate surface area is 137 Å². The number of hydrogen-bond acceptors (Lipinski definition) is 4. The summed E-state index contributed by atoms with van der Waals surface area (Å²) >= 11 is 0. The van der Waals surface area contributed by atoms with Gasteiger partial charge in [-0.2, -0.15) is 0 Å². The summed E-state index contributed by atoms with van der Waals surface area (Å²) in [5.74, 6) is 3.32. The Bertz CT molecular complexity index is 579. The monoisotopic (exact) mass is 317 g/mol. The summed E-state index contributed by atoms with van der Waals surface area (Å²) in [5.41, 5.74) is -0.105. The van der Waals surface area contributed by atoms with Crippen molar-refractivity contribution in [2.75, 3.05) is 0 Å².